The summed E-state index contributed by atoms with van der Waals surface area (Å²) in [6.45, 7) is 5.06. The minimum absolute atomic E-state index is 0.293. The van der Waals surface area contributed by atoms with Crippen LogP contribution in [0.15, 0.2) is 36.4 Å². The molecule has 0 heterocycles. The van der Waals surface area contributed by atoms with E-state index in [1.165, 1.54) is 5.56 Å². The number of rotatable bonds is 5. The first-order valence-corrected chi connectivity index (χ1v) is 7.29. The summed E-state index contributed by atoms with van der Waals surface area (Å²) in [5.74, 6) is 0.788. The van der Waals surface area contributed by atoms with Gasteiger partial charge in [-0.25, -0.2) is 9.18 Å². The Kier molecular flexibility index (Phi) is 5.57. The third kappa shape index (κ3) is 4.45. The number of amides is 1. The van der Waals surface area contributed by atoms with E-state index in [1.54, 1.807) is 12.1 Å². The summed E-state index contributed by atoms with van der Waals surface area (Å²) in [6, 6.07) is 11.4. The van der Waals surface area contributed by atoms with E-state index in [-0.39, 0.29) is 0 Å². The second-order valence-electron chi connectivity index (χ2n) is 5.32. The molecule has 4 nitrogen and oxygen atoms in total. The molecule has 23 heavy (non-hydrogen) atoms. The van der Waals surface area contributed by atoms with Crippen molar-refractivity contribution in [3.05, 3.63) is 58.7 Å². The van der Waals surface area contributed by atoms with Gasteiger partial charge in [0.25, 0.3) is 0 Å². The Morgan fingerprint density at radius 2 is 1.91 bits per heavy atom. The van der Waals surface area contributed by atoms with Gasteiger partial charge in [0.05, 0.1) is 5.69 Å². The van der Waals surface area contributed by atoms with Crippen LogP contribution in [0, 0.1) is 20.8 Å². The SMILES string of the molecule is Cc1ccc(OCc2c(C)cccc2NC(=O)OCF)c(C)c1. The fourth-order valence-electron chi connectivity index (χ4n) is 2.32. The minimum atomic E-state index is -1.16. The van der Waals surface area contributed by atoms with E-state index in [2.05, 4.69) is 10.1 Å². The van der Waals surface area contributed by atoms with Crippen molar-refractivity contribution in [2.45, 2.75) is 27.4 Å². The highest BCUT2D eigenvalue weighted by atomic mass is 19.1. The van der Waals surface area contributed by atoms with Crippen LogP contribution in [-0.4, -0.2) is 13.0 Å². The van der Waals surface area contributed by atoms with Crippen molar-refractivity contribution >= 4 is 11.8 Å². The molecule has 5 heteroatoms. The lowest BCUT2D eigenvalue weighted by Gasteiger charge is -2.15. The maximum atomic E-state index is 12.1. The van der Waals surface area contributed by atoms with E-state index < -0.39 is 13.0 Å². The Balaban J connectivity index is 2.16. The molecule has 0 spiro atoms. The zero-order valence-electron chi connectivity index (χ0n) is 13.5. The van der Waals surface area contributed by atoms with Crippen LogP contribution in [0.1, 0.15) is 22.3 Å². The highest BCUT2D eigenvalue weighted by Crippen LogP contribution is 2.24. The first-order valence-electron chi connectivity index (χ1n) is 7.29. The number of ether oxygens (including phenoxy) is 2. The molecular weight excluding hydrogens is 297 g/mol. The standard InChI is InChI=1S/C18H20FNO3/c1-12-7-8-17(14(3)9-12)22-10-15-13(2)5-4-6-16(15)20-18(21)23-11-19/h4-9H,10-11H2,1-3H3,(H,20,21). The third-order valence-electron chi connectivity index (χ3n) is 3.54. The summed E-state index contributed by atoms with van der Waals surface area (Å²) in [7, 11) is 0. The number of hydrogen-bond donors (Lipinski definition) is 1. The fraction of sp³-hybridized carbons (Fsp3) is 0.278. The summed E-state index contributed by atoms with van der Waals surface area (Å²) in [5.41, 5.74) is 4.55. The fourth-order valence-corrected chi connectivity index (χ4v) is 2.32. The Bertz CT molecular complexity index is 701. The lowest BCUT2D eigenvalue weighted by atomic mass is 10.1. The lowest BCUT2D eigenvalue weighted by Crippen LogP contribution is -2.15. The van der Waals surface area contributed by atoms with Crippen LogP contribution in [0.25, 0.3) is 0 Å². The van der Waals surface area contributed by atoms with Crippen LogP contribution in [0.3, 0.4) is 0 Å². The van der Waals surface area contributed by atoms with Gasteiger partial charge in [-0.1, -0.05) is 29.8 Å². The highest BCUT2D eigenvalue weighted by Gasteiger charge is 2.11. The first kappa shape index (κ1) is 16.8. The van der Waals surface area contributed by atoms with Gasteiger partial charge in [0.2, 0.25) is 6.86 Å². The van der Waals surface area contributed by atoms with E-state index in [1.807, 2.05) is 45.0 Å². The molecule has 2 rings (SSSR count). The first-order chi connectivity index (χ1) is 11.0. The van der Waals surface area contributed by atoms with Crippen molar-refractivity contribution in [2.75, 3.05) is 12.2 Å². The lowest BCUT2D eigenvalue weighted by molar-refractivity contribution is 0.111. The number of carbonyl (C=O) groups is 1. The Hall–Kier alpha value is -2.56. The second kappa shape index (κ2) is 7.63. The molecule has 0 aliphatic carbocycles. The van der Waals surface area contributed by atoms with Crippen molar-refractivity contribution in [1.29, 1.82) is 0 Å². The van der Waals surface area contributed by atoms with Crippen LogP contribution >= 0.6 is 0 Å². The van der Waals surface area contributed by atoms with Crippen molar-refractivity contribution in [1.82, 2.24) is 0 Å². The monoisotopic (exact) mass is 317 g/mol. The predicted octanol–water partition coefficient (Wildman–Crippen LogP) is 4.67. The van der Waals surface area contributed by atoms with Gasteiger partial charge < -0.3 is 9.47 Å². The minimum Gasteiger partial charge on any atom is -0.489 e. The third-order valence-corrected chi connectivity index (χ3v) is 3.54. The van der Waals surface area contributed by atoms with Crippen LogP contribution in [0.4, 0.5) is 14.9 Å². The van der Waals surface area contributed by atoms with Crippen molar-refractivity contribution in [3.8, 4) is 5.75 Å². The molecule has 122 valence electrons. The molecule has 0 aliphatic heterocycles. The molecule has 0 atom stereocenters. The molecule has 0 aliphatic rings. The Labute approximate surface area is 135 Å². The Morgan fingerprint density at radius 1 is 1.13 bits per heavy atom. The molecular formula is C18H20FNO3. The molecule has 2 aromatic rings. The van der Waals surface area contributed by atoms with Crippen LogP contribution in [-0.2, 0) is 11.3 Å². The number of carbonyl (C=O) groups excluding carboxylic acids is 1. The molecule has 0 unspecified atom stereocenters. The molecule has 0 saturated heterocycles. The van der Waals surface area contributed by atoms with Crippen molar-refractivity contribution < 1.29 is 18.7 Å². The summed E-state index contributed by atoms with van der Waals surface area (Å²) in [5, 5.41) is 2.53. The quantitative estimate of drug-likeness (QED) is 0.872. The van der Waals surface area contributed by atoms with E-state index in [0.29, 0.717) is 12.3 Å². The molecule has 0 saturated carbocycles. The number of alkyl halides is 1. The van der Waals surface area contributed by atoms with Gasteiger partial charge in [-0.15, -0.1) is 0 Å². The average Bonchev–Trinajstić information content (AvgIpc) is 2.48. The van der Waals surface area contributed by atoms with Gasteiger partial charge in [0.1, 0.15) is 12.4 Å². The number of anilines is 1. The number of nitrogens with one attached hydrogen (secondary N) is 1. The van der Waals surface area contributed by atoms with Crippen LogP contribution < -0.4 is 10.1 Å². The zero-order chi connectivity index (χ0) is 16.8. The topological polar surface area (TPSA) is 47.6 Å². The summed E-state index contributed by atoms with van der Waals surface area (Å²) >= 11 is 0. The second-order valence-corrected chi connectivity index (χ2v) is 5.32. The van der Waals surface area contributed by atoms with Crippen LogP contribution in [0.5, 0.6) is 5.75 Å². The van der Waals surface area contributed by atoms with Crippen LogP contribution in [0.2, 0.25) is 0 Å². The van der Waals surface area contributed by atoms with E-state index >= 15 is 0 Å². The van der Waals surface area contributed by atoms with Crippen molar-refractivity contribution in [3.63, 3.8) is 0 Å². The van der Waals surface area contributed by atoms with Gasteiger partial charge in [-0.05, 0) is 44.0 Å². The average molecular weight is 317 g/mol. The van der Waals surface area contributed by atoms with E-state index in [4.69, 9.17) is 4.74 Å². The van der Waals surface area contributed by atoms with E-state index in [9.17, 15) is 9.18 Å². The van der Waals surface area contributed by atoms with Gasteiger partial charge in [0, 0.05) is 5.56 Å². The van der Waals surface area contributed by atoms with Gasteiger partial charge in [-0.2, -0.15) is 0 Å². The maximum absolute atomic E-state index is 12.1. The maximum Gasteiger partial charge on any atom is 0.413 e. The molecule has 2 aromatic carbocycles. The normalized spacial score (nSPS) is 10.3. The number of hydrogen-bond acceptors (Lipinski definition) is 3. The zero-order valence-corrected chi connectivity index (χ0v) is 13.5. The van der Waals surface area contributed by atoms with Crippen molar-refractivity contribution in [2.24, 2.45) is 0 Å². The van der Waals surface area contributed by atoms with Gasteiger partial charge in [0.15, 0.2) is 0 Å². The molecule has 0 fully saturated rings. The molecule has 0 aromatic heterocycles. The number of benzene rings is 2. The summed E-state index contributed by atoms with van der Waals surface area (Å²) in [6.07, 6.45) is -0.828. The number of halogens is 1. The van der Waals surface area contributed by atoms with Gasteiger partial charge in [-0.3, -0.25) is 5.32 Å². The Morgan fingerprint density at radius 3 is 2.61 bits per heavy atom. The highest BCUT2D eigenvalue weighted by molar-refractivity contribution is 5.85. The van der Waals surface area contributed by atoms with E-state index in [0.717, 1.165) is 22.4 Å². The molecule has 0 bridgehead atoms. The number of aryl methyl sites for hydroxylation is 3. The largest absolute Gasteiger partial charge is 0.489 e. The summed E-state index contributed by atoms with van der Waals surface area (Å²) in [4.78, 5) is 11.4. The predicted molar refractivity (Wildman–Crippen MR) is 87.5 cm³/mol. The molecule has 1 amide bonds. The molecule has 1 N–H and O–H groups in total. The van der Waals surface area contributed by atoms with Gasteiger partial charge >= 0.3 is 6.09 Å². The summed E-state index contributed by atoms with van der Waals surface area (Å²) < 4.78 is 22.2. The smallest absolute Gasteiger partial charge is 0.413 e. The molecule has 0 radical (unpaired) electrons.